The Labute approximate surface area is 196 Å². The summed E-state index contributed by atoms with van der Waals surface area (Å²) in [5.41, 5.74) is 1.33. The number of benzene rings is 2. The van der Waals surface area contributed by atoms with E-state index in [0.717, 1.165) is 37.7 Å². The lowest BCUT2D eigenvalue weighted by molar-refractivity contribution is -0.137. The quantitative estimate of drug-likeness (QED) is 0.648. The summed E-state index contributed by atoms with van der Waals surface area (Å²) in [5, 5.41) is 2.92. The van der Waals surface area contributed by atoms with E-state index in [4.69, 9.17) is 0 Å². The Hall–Kier alpha value is -2.61. The van der Waals surface area contributed by atoms with Crippen molar-refractivity contribution in [3.8, 4) is 0 Å². The summed E-state index contributed by atoms with van der Waals surface area (Å²) < 4.78 is 53.7. The summed E-state index contributed by atoms with van der Waals surface area (Å²) in [6, 6.07) is 10.4. The first-order valence-electron chi connectivity index (χ1n) is 12.0. The number of fused-ring (bicyclic) bond motifs is 3. The van der Waals surface area contributed by atoms with Crippen LogP contribution in [0.15, 0.2) is 42.5 Å². The number of carbonyl (C=O) groups is 1. The number of hydrogen-bond donors (Lipinski definition) is 1. The summed E-state index contributed by atoms with van der Waals surface area (Å²) in [5.74, 6) is -1.05. The van der Waals surface area contributed by atoms with Gasteiger partial charge in [0.1, 0.15) is 5.82 Å². The zero-order chi connectivity index (χ0) is 23.9. The third-order valence-corrected chi connectivity index (χ3v) is 7.60. The van der Waals surface area contributed by atoms with E-state index in [9.17, 15) is 22.4 Å². The first-order valence-corrected chi connectivity index (χ1v) is 12.0. The lowest BCUT2D eigenvalue weighted by atomic mass is 9.82. The fraction of sp³-hybridized carbons (Fsp3) is 0.500. The minimum atomic E-state index is -4.43. The fourth-order valence-corrected chi connectivity index (χ4v) is 5.89. The lowest BCUT2D eigenvalue weighted by Gasteiger charge is -2.50. The molecule has 2 aromatic carbocycles. The highest BCUT2D eigenvalue weighted by molar-refractivity contribution is 5.82. The van der Waals surface area contributed by atoms with Crippen molar-refractivity contribution >= 4 is 11.6 Å². The van der Waals surface area contributed by atoms with Gasteiger partial charge in [0.05, 0.1) is 17.5 Å². The molecule has 1 amide bonds. The number of piperazine rings is 1. The Balaban J connectivity index is 1.41. The molecule has 0 radical (unpaired) electrons. The van der Waals surface area contributed by atoms with E-state index in [2.05, 4.69) is 15.1 Å². The van der Waals surface area contributed by atoms with Crippen molar-refractivity contribution in [1.29, 1.82) is 0 Å². The number of hydrogen-bond acceptors (Lipinski definition) is 3. The predicted octanol–water partition coefficient (Wildman–Crippen LogP) is 4.77. The van der Waals surface area contributed by atoms with Crippen molar-refractivity contribution in [2.75, 3.05) is 24.5 Å². The highest BCUT2D eigenvalue weighted by Gasteiger charge is 2.43. The molecule has 2 atom stereocenters. The SMILES string of the molecule is O=C(NCc1cccc(F)c1)[C@@H]1Cc2cc(C(F)(F)F)ccc2N2CCN(C3CCCC3)C[C@@H]12. The molecule has 8 heteroatoms. The summed E-state index contributed by atoms with van der Waals surface area (Å²) in [7, 11) is 0. The molecule has 1 N–H and O–H groups in total. The van der Waals surface area contributed by atoms with Crippen molar-refractivity contribution < 1.29 is 22.4 Å². The van der Waals surface area contributed by atoms with Gasteiger partial charge in [-0.25, -0.2) is 4.39 Å². The topological polar surface area (TPSA) is 35.6 Å². The summed E-state index contributed by atoms with van der Waals surface area (Å²) in [4.78, 5) is 18.0. The van der Waals surface area contributed by atoms with Crippen molar-refractivity contribution in [1.82, 2.24) is 10.2 Å². The largest absolute Gasteiger partial charge is 0.416 e. The predicted molar refractivity (Wildman–Crippen MR) is 122 cm³/mol. The molecule has 2 aliphatic heterocycles. The average molecular weight is 476 g/mol. The number of nitrogens with one attached hydrogen (secondary N) is 1. The third-order valence-electron chi connectivity index (χ3n) is 7.60. The molecule has 182 valence electrons. The van der Waals surface area contributed by atoms with Gasteiger partial charge in [-0.15, -0.1) is 0 Å². The molecule has 0 bridgehead atoms. The lowest BCUT2D eigenvalue weighted by Crippen LogP contribution is -2.62. The second-order valence-corrected chi connectivity index (χ2v) is 9.69. The van der Waals surface area contributed by atoms with E-state index in [1.54, 1.807) is 18.2 Å². The molecule has 34 heavy (non-hydrogen) atoms. The zero-order valence-electron chi connectivity index (χ0n) is 19.0. The van der Waals surface area contributed by atoms with Gasteiger partial charge in [0, 0.05) is 37.9 Å². The molecule has 1 saturated carbocycles. The number of rotatable bonds is 4. The van der Waals surface area contributed by atoms with E-state index in [0.29, 0.717) is 23.7 Å². The molecule has 5 rings (SSSR count). The van der Waals surface area contributed by atoms with Crippen molar-refractivity contribution in [2.24, 2.45) is 5.92 Å². The highest BCUT2D eigenvalue weighted by atomic mass is 19.4. The van der Waals surface area contributed by atoms with Gasteiger partial charge < -0.3 is 10.2 Å². The van der Waals surface area contributed by atoms with Gasteiger partial charge in [-0.3, -0.25) is 9.69 Å². The van der Waals surface area contributed by atoms with Crippen molar-refractivity contribution in [2.45, 2.75) is 56.9 Å². The molecule has 3 aliphatic rings. The van der Waals surface area contributed by atoms with E-state index < -0.39 is 17.7 Å². The van der Waals surface area contributed by atoms with Crippen molar-refractivity contribution in [3.63, 3.8) is 0 Å². The average Bonchev–Trinajstić information content (AvgIpc) is 3.36. The normalized spacial score (nSPS) is 23.5. The van der Waals surface area contributed by atoms with Crippen LogP contribution in [0.3, 0.4) is 0 Å². The molecule has 2 fully saturated rings. The van der Waals surface area contributed by atoms with Crippen LogP contribution in [0.2, 0.25) is 0 Å². The maximum absolute atomic E-state index is 13.5. The Kier molecular flexibility index (Phi) is 6.27. The van der Waals surface area contributed by atoms with Crippen LogP contribution in [-0.4, -0.2) is 42.5 Å². The molecule has 4 nitrogen and oxygen atoms in total. The molecule has 2 aromatic rings. The molecular weight excluding hydrogens is 446 g/mol. The van der Waals surface area contributed by atoms with Gasteiger partial charge in [-0.1, -0.05) is 25.0 Å². The van der Waals surface area contributed by atoms with Crippen LogP contribution in [0.25, 0.3) is 0 Å². The van der Waals surface area contributed by atoms with Gasteiger partial charge in [0.25, 0.3) is 0 Å². The molecule has 1 saturated heterocycles. The molecule has 2 heterocycles. The van der Waals surface area contributed by atoms with Gasteiger partial charge in [-0.2, -0.15) is 13.2 Å². The van der Waals surface area contributed by atoms with Gasteiger partial charge in [0.2, 0.25) is 5.91 Å². The van der Waals surface area contributed by atoms with Crippen LogP contribution >= 0.6 is 0 Å². The fourth-order valence-electron chi connectivity index (χ4n) is 5.89. The van der Waals surface area contributed by atoms with E-state index >= 15 is 0 Å². The number of carbonyl (C=O) groups excluding carboxylic acids is 1. The number of halogens is 4. The molecule has 0 aromatic heterocycles. The number of alkyl halides is 3. The summed E-state index contributed by atoms with van der Waals surface area (Å²) in [6.07, 6.45) is 0.589. The van der Waals surface area contributed by atoms with Gasteiger partial charge >= 0.3 is 6.18 Å². The van der Waals surface area contributed by atoms with E-state index in [1.807, 2.05) is 0 Å². The standard InChI is InChI=1S/C26H29F4N3O/c27-20-5-3-4-17(12-20)15-31-25(34)22-14-18-13-19(26(28,29)30)8-9-23(18)33-11-10-32(16-24(22)33)21-6-1-2-7-21/h3-5,8-9,12-13,21-22,24H,1-2,6-7,10-11,14-16H2,(H,31,34)/t22-,24+/m1/s1. The monoisotopic (exact) mass is 475 g/mol. The third kappa shape index (κ3) is 4.65. The first kappa shape index (κ1) is 23.1. The Morgan fingerprint density at radius 2 is 1.85 bits per heavy atom. The van der Waals surface area contributed by atoms with Crippen LogP contribution in [0.5, 0.6) is 0 Å². The van der Waals surface area contributed by atoms with Gasteiger partial charge in [-0.05, 0) is 60.7 Å². The minimum Gasteiger partial charge on any atom is -0.365 e. The Bertz CT molecular complexity index is 1050. The van der Waals surface area contributed by atoms with Crippen molar-refractivity contribution in [3.05, 3.63) is 65.0 Å². The highest BCUT2D eigenvalue weighted by Crippen LogP contribution is 2.40. The molecule has 0 unspecified atom stereocenters. The molecule has 1 aliphatic carbocycles. The molecular formula is C26H29F4N3O. The van der Waals surface area contributed by atoms with Crippen LogP contribution in [0.4, 0.5) is 23.2 Å². The van der Waals surface area contributed by atoms with Crippen LogP contribution in [0, 0.1) is 11.7 Å². The van der Waals surface area contributed by atoms with E-state index in [1.165, 1.54) is 31.0 Å². The Morgan fingerprint density at radius 3 is 2.59 bits per heavy atom. The minimum absolute atomic E-state index is 0.105. The second-order valence-electron chi connectivity index (χ2n) is 9.69. The smallest absolute Gasteiger partial charge is 0.365 e. The second kappa shape index (κ2) is 9.21. The summed E-state index contributed by atoms with van der Waals surface area (Å²) in [6.45, 7) is 2.44. The summed E-state index contributed by atoms with van der Waals surface area (Å²) >= 11 is 0. The maximum Gasteiger partial charge on any atom is 0.416 e. The Morgan fingerprint density at radius 1 is 1.06 bits per heavy atom. The number of nitrogens with zero attached hydrogens (tertiary/aromatic N) is 2. The van der Waals surface area contributed by atoms with Crippen LogP contribution < -0.4 is 10.2 Å². The number of amides is 1. The van der Waals surface area contributed by atoms with Gasteiger partial charge in [0.15, 0.2) is 0 Å². The van der Waals surface area contributed by atoms with E-state index in [-0.39, 0.29) is 30.7 Å². The van der Waals surface area contributed by atoms with Crippen LogP contribution in [0.1, 0.15) is 42.4 Å². The first-order chi connectivity index (χ1) is 16.3. The molecule has 0 spiro atoms. The number of anilines is 1. The maximum atomic E-state index is 13.5. The zero-order valence-corrected chi connectivity index (χ0v) is 19.0. The van der Waals surface area contributed by atoms with Crippen LogP contribution in [-0.2, 0) is 23.9 Å².